The van der Waals surface area contributed by atoms with Gasteiger partial charge in [-0.25, -0.2) is 4.98 Å². The number of pyridine rings is 2. The lowest BCUT2D eigenvalue weighted by Gasteiger charge is -2.19. The van der Waals surface area contributed by atoms with Crippen LogP contribution in [0.15, 0.2) is 42.9 Å². The molecule has 0 radical (unpaired) electrons. The molecule has 2 saturated heterocycles. The average Bonchev–Trinajstić information content (AvgIpc) is 3.38. The van der Waals surface area contributed by atoms with Gasteiger partial charge in [-0.05, 0) is 42.7 Å². The zero-order chi connectivity index (χ0) is 18.8. The molecule has 4 rings (SSSR count). The molecule has 7 nitrogen and oxygen atoms in total. The fraction of sp³-hybridized carbons (Fsp3) is 0.400. The van der Waals surface area contributed by atoms with Crippen molar-refractivity contribution in [3.05, 3.63) is 54.0 Å². The highest BCUT2D eigenvalue weighted by Crippen LogP contribution is 2.34. The third kappa shape index (κ3) is 3.49. The Labute approximate surface area is 157 Å². The van der Waals surface area contributed by atoms with Crippen LogP contribution in [0.25, 0.3) is 0 Å². The van der Waals surface area contributed by atoms with Crippen molar-refractivity contribution in [2.24, 2.45) is 5.92 Å². The van der Waals surface area contributed by atoms with Gasteiger partial charge >= 0.3 is 5.97 Å². The molecule has 0 aromatic carbocycles. The zero-order valence-electron chi connectivity index (χ0n) is 15.0. The molecule has 7 heteroatoms. The first-order valence-electron chi connectivity index (χ1n) is 9.26. The van der Waals surface area contributed by atoms with Crippen molar-refractivity contribution >= 4 is 17.7 Å². The van der Waals surface area contributed by atoms with Gasteiger partial charge in [-0.15, -0.1) is 0 Å². The van der Waals surface area contributed by atoms with E-state index >= 15 is 0 Å². The maximum atomic E-state index is 12.4. The molecule has 1 amide bonds. The van der Waals surface area contributed by atoms with Crippen LogP contribution in [-0.4, -0.2) is 58.0 Å². The number of nitrogens with zero attached hydrogens (tertiary/aromatic N) is 4. The van der Waals surface area contributed by atoms with Crippen molar-refractivity contribution < 1.29 is 14.7 Å². The Kier molecular flexibility index (Phi) is 4.75. The predicted octanol–water partition coefficient (Wildman–Crippen LogP) is 2.02. The number of carbonyl (C=O) groups is 2. The van der Waals surface area contributed by atoms with Gasteiger partial charge in [0.25, 0.3) is 5.91 Å². The van der Waals surface area contributed by atoms with Gasteiger partial charge in [-0.2, -0.15) is 0 Å². The van der Waals surface area contributed by atoms with Crippen LogP contribution in [0.4, 0.5) is 5.82 Å². The molecule has 0 bridgehead atoms. The molecule has 4 heterocycles. The molecular formula is C20H22N4O3. The van der Waals surface area contributed by atoms with Crippen LogP contribution in [0.2, 0.25) is 0 Å². The molecule has 0 spiro atoms. The summed E-state index contributed by atoms with van der Waals surface area (Å²) in [5.74, 6) is -0.694. The van der Waals surface area contributed by atoms with E-state index in [2.05, 4.69) is 9.97 Å². The van der Waals surface area contributed by atoms with E-state index in [0.717, 1.165) is 31.5 Å². The van der Waals surface area contributed by atoms with Crippen molar-refractivity contribution in [1.82, 2.24) is 14.9 Å². The number of hydrogen-bond acceptors (Lipinski definition) is 5. The Balaban J connectivity index is 1.51. The summed E-state index contributed by atoms with van der Waals surface area (Å²) in [5.41, 5.74) is 1.56. The second-order valence-corrected chi connectivity index (χ2v) is 7.14. The van der Waals surface area contributed by atoms with Gasteiger partial charge in [0.05, 0.1) is 11.5 Å². The predicted molar refractivity (Wildman–Crippen MR) is 99.7 cm³/mol. The Hall–Kier alpha value is -2.96. The Morgan fingerprint density at radius 3 is 2.41 bits per heavy atom. The summed E-state index contributed by atoms with van der Waals surface area (Å²) in [6, 6.07) is 7.35. The highest BCUT2D eigenvalue weighted by atomic mass is 16.4. The Morgan fingerprint density at radius 1 is 1.04 bits per heavy atom. The monoisotopic (exact) mass is 366 g/mol. The third-order valence-electron chi connectivity index (χ3n) is 5.48. The van der Waals surface area contributed by atoms with Gasteiger partial charge in [0, 0.05) is 50.7 Å². The fourth-order valence-corrected chi connectivity index (χ4v) is 3.99. The van der Waals surface area contributed by atoms with Crippen molar-refractivity contribution in [3.8, 4) is 0 Å². The summed E-state index contributed by atoms with van der Waals surface area (Å²) >= 11 is 0. The molecular weight excluding hydrogens is 344 g/mol. The first-order chi connectivity index (χ1) is 13.1. The largest absolute Gasteiger partial charge is 0.481 e. The standard InChI is InChI=1S/C20H22N4O3/c25-19(23-9-1-2-10-23)15-3-4-18(22-11-15)24-12-16(17(13-24)20(26)27)14-5-7-21-8-6-14/h3-8,11,16-17H,1-2,9-10,12-13H2,(H,26,27)/t16-,17+/m0/s1. The molecule has 2 fully saturated rings. The minimum absolute atomic E-state index is 0.0195. The van der Waals surface area contributed by atoms with Crippen LogP contribution < -0.4 is 4.90 Å². The van der Waals surface area contributed by atoms with Crippen LogP contribution in [0.1, 0.15) is 34.7 Å². The van der Waals surface area contributed by atoms with Gasteiger partial charge in [-0.3, -0.25) is 14.6 Å². The number of likely N-dealkylation sites (tertiary alicyclic amines) is 1. The van der Waals surface area contributed by atoms with E-state index < -0.39 is 11.9 Å². The summed E-state index contributed by atoms with van der Waals surface area (Å²) in [6.45, 7) is 2.59. The van der Waals surface area contributed by atoms with E-state index in [1.807, 2.05) is 28.0 Å². The Morgan fingerprint density at radius 2 is 1.78 bits per heavy atom. The van der Waals surface area contributed by atoms with Gasteiger partial charge in [0.2, 0.25) is 0 Å². The van der Waals surface area contributed by atoms with E-state index in [1.54, 1.807) is 24.7 Å². The molecule has 0 aliphatic carbocycles. The average molecular weight is 366 g/mol. The number of carboxylic acid groups (broad SMARTS) is 1. The van der Waals surface area contributed by atoms with Crippen molar-refractivity contribution in [1.29, 1.82) is 0 Å². The highest BCUT2D eigenvalue weighted by molar-refractivity contribution is 5.94. The molecule has 2 aliphatic rings. The van der Waals surface area contributed by atoms with Gasteiger partial charge in [0.1, 0.15) is 5.82 Å². The second-order valence-electron chi connectivity index (χ2n) is 7.14. The lowest BCUT2D eigenvalue weighted by atomic mass is 9.90. The number of carbonyl (C=O) groups excluding carboxylic acids is 1. The quantitative estimate of drug-likeness (QED) is 0.891. The fourth-order valence-electron chi connectivity index (χ4n) is 3.99. The minimum Gasteiger partial charge on any atom is -0.481 e. The molecule has 2 aliphatic heterocycles. The maximum absolute atomic E-state index is 12.4. The van der Waals surface area contributed by atoms with E-state index in [9.17, 15) is 14.7 Å². The third-order valence-corrected chi connectivity index (χ3v) is 5.48. The minimum atomic E-state index is -0.805. The van der Waals surface area contributed by atoms with E-state index in [-0.39, 0.29) is 11.8 Å². The highest BCUT2D eigenvalue weighted by Gasteiger charge is 2.39. The molecule has 0 saturated carbocycles. The van der Waals surface area contributed by atoms with Crippen LogP contribution in [0.3, 0.4) is 0 Å². The molecule has 2 atom stereocenters. The number of aliphatic carboxylic acids is 1. The smallest absolute Gasteiger partial charge is 0.308 e. The summed E-state index contributed by atoms with van der Waals surface area (Å²) in [7, 11) is 0. The van der Waals surface area contributed by atoms with Crippen LogP contribution in [0, 0.1) is 5.92 Å². The summed E-state index contributed by atoms with van der Waals surface area (Å²) in [5, 5.41) is 9.63. The zero-order valence-corrected chi connectivity index (χ0v) is 15.0. The Bertz CT molecular complexity index is 819. The summed E-state index contributed by atoms with van der Waals surface area (Å²) in [4.78, 5) is 36.5. The van der Waals surface area contributed by atoms with Gasteiger partial charge < -0.3 is 14.9 Å². The molecule has 2 aromatic rings. The number of anilines is 1. The van der Waals surface area contributed by atoms with Crippen LogP contribution in [0.5, 0.6) is 0 Å². The van der Waals surface area contributed by atoms with E-state index in [1.165, 1.54) is 0 Å². The summed E-state index contributed by atoms with van der Waals surface area (Å²) < 4.78 is 0. The van der Waals surface area contributed by atoms with Crippen LogP contribution in [-0.2, 0) is 4.79 Å². The first kappa shape index (κ1) is 17.5. The summed E-state index contributed by atoms with van der Waals surface area (Å²) in [6.07, 6.45) is 7.09. The molecule has 140 valence electrons. The van der Waals surface area contributed by atoms with Gasteiger partial charge in [0.15, 0.2) is 0 Å². The topological polar surface area (TPSA) is 86.6 Å². The number of carboxylic acids is 1. The van der Waals surface area contributed by atoms with Crippen molar-refractivity contribution in [3.63, 3.8) is 0 Å². The SMILES string of the molecule is O=C(O)[C@@H]1CN(c2ccc(C(=O)N3CCCC3)cn2)C[C@H]1c1ccncc1. The lowest BCUT2D eigenvalue weighted by Crippen LogP contribution is -2.28. The van der Waals surface area contributed by atoms with E-state index in [0.29, 0.717) is 24.5 Å². The number of aromatic nitrogens is 2. The number of hydrogen-bond donors (Lipinski definition) is 1. The van der Waals surface area contributed by atoms with Crippen LogP contribution >= 0.6 is 0 Å². The molecule has 2 aromatic heterocycles. The van der Waals surface area contributed by atoms with E-state index in [4.69, 9.17) is 0 Å². The van der Waals surface area contributed by atoms with Crippen molar-refractivity contribution in [2.75, 3.05) is 31.1 Å². The lowest BCUT2D eigenvalue weighted by molar-refractivity contribution is -0.141. The normalized spacial score (nSPS) is 22.2. The maximum Gasteiger partial charge on any atom is 0.308 e. The number of amides is 1. The second kappa shape index (κ2) is 7.34. The number of rotatable bonds is 4. The molecule has 1 N–H and O–H groups in total. The van der Waals surface area contributed by atoms with Gasteiger partial charge in [-0.1, -0.05) is 0 Å². The molecule has 0 unspecified atom stereocenters. The van der Waals surface area contributed by atoms with Crippen molar-refractivity contribution in [2.45, 2.75) is 18.8 Å². The molecule has 27 heavy (non-hydrogen) atoms. The first-order valence-corrected chi connectivity index (χ1v) is 9.26.